The van der Waals surface area contributed by atoms with Gasteiger partial charge in [0.2, 0.25) is 0 Å². The van der Waals surface area contributed by atoms with E-state index >= 15 is 0 Å². The summed E-state index contributed by atoms with van der Waals surface area (Å²) in [5.74, 6) is -0.475. The Morgan fingerprint density at radius 1 is 0.806 bits per heavy atom. The maximum absolute atomic E-state index is 13.1. The lowest BCUT2D eigenvalue weighted by Gasteiger charge is -2.29. The van der Waals surface area contributed by atoms with Crippen molar-refractivity contribution in [2.75, 3.05) is 5.01 Å². The predicted molar refractivity (Wildman–Crippen MR) is 122 cm³/mol. The second-order valence-corrected chi connectivity index (χ2v) is 7.41. The molecule has 0 bridgehead atoms. The zero-order chi connectivity index (χ0) is 22.1. The van der Waals surface area contributed by atoms with Crippen molar-refractivity contribution in [1.29, 1.82) is 0 Å². The highest BCUT2D eigenvalue weighted by Crippen LogP contribution is 2.22. The van der Waals surface area contributed by atoms with E-state index in [1.54, 1.807) is 5.01 Å². The molecule has 0 aliphatic carbocycles. The van der Waals surface area contributed by atoms with Gasteiger partial charge < -0.3 is 10.1 Å². The van der Waals surface area contributed by atoms with Gasteiger partial charge in [-0.1, -0.05) is 80.6 Å². The summed E-state index contributed by atoms with van der Waals surface area (Å²) in [6.45, 7) is 3.88. The minimum atomic E-state index is -0.766. The largest absolute Gasteiger partial charge is 0.445 e. The van der Waals surface area contributed by atoms with Crippen molar-refractivity contribution in [1.82, 2.24) is 10.7 Å². The first kappa shape index (κ1) is 21.9. The lowest BCUT2D eigenvalue weighted by Crippen LogP contribution is -2.53. The van der Waals surface area contributed by atoms with Gasteiger partial charge in [-0.05, 0) is 35.7 Å². The Balaban J connectivity index is 1.70. The Hall–Kier alpha value is -3.80. The van der Waals surface area contributed by atoms with Crippen LogP contribution in [-0.2, 0) is 16.1 Å². The topological polar surface area (TPSA) is 70.7 Å². The molecule has 1 atom stereocenters. The molecule has 0 aliphatic rings. The van der Waals surface area contributed by atoms with E-state index < -0.39 is 12.1 Å². The molecule has 0 unspecified atom stereocenters. The molecule has 0 spiro atoms. The van der Waals surface area contributed by atoms with Crippen LogP contribution in [0, 0.1) is 5.92 Å². The number of para-hydroxylation sites is 2. The van der Waals surface area contributed by atoms with Crippen LogP contribution in [0.15, 0.2) is 91.0 Å². The second kappa shape index (κ2) is 10.8. The van der Waals surface area contributed by atoms with Gasteiger partial charge in [-0.3, -0.25) is 15.2 Å². The van der Waals surface area contributed by atoms with Gasteiger partial charge in [0.05, 0.1) is 11.4 Å². The number of nitrogens with zero attached hydrogens (tertiary/aromatic N) is 1. The number of hydrogen-bond acceptors (Lipinski definition) is 4. The first-order chi connectivity index (χ1) is 15.0. The number of carbonyl (C=O) groups is 2. The number of nitrogens with one attached hydrogen (secondary N) is 2. The van der Waals surface area contributed by atoms with Crippen LogP contribution in [0.25, 0.3) is 0 Å². The van der Waals surface area contributed by atoms with Crippen LogP contribution in [0.2, 0.25) is 0 Å². The number of alkyl carbamates (subject to hydrolysis) is 1. The monoisotopic (exact) mass is 417 g/mol. The van der Waals surface area contributed by atoms with Crippen LogP contribution < -0.4 is 15.8 Å². The standard InChI is InChI=1S/C25H27N3O3/c1-19(2)23(26-25(30)31-18-20-12-6-3-7-13-20)24(29)27-28(21-14-8-4-9-15-21)22-16-10-5-11-17-22/h3-17,19,23H,18H2,1-2H3,(H,26,30)(H,27,29)/t23-/m0/s1. The van der Waals surface area contributed by atoms with Gasteiger partial charge in [0.1, 0.15) is 12.6 Å². The van der Waals surface area contributed by atoms with Crippen molar-refractivity contribution >= 4 is 23.4 Å². The van der Waals surface area contributed by atoms with Crippen molar-refractivity contribution < 1.29 is 14.3 Å². The molecule has 2 amide bonds. The molecule has 0 aliphatic heterocycles. The Labute approximate surface area is 182 Å². The molecule has 0 radical (unpaired) electrons. The highest BCUT2D eigenvalue weighted by Gasteiger charge is 2.27. The van der Waals surface area contributed by atoms with Gasteiger partial charge in [-0.25, -0.2) is 4.79 Å². The van der Waals surface area contributed by atoms with Crippen molar-refractivity contribution in [3.05, 3.63) is 96.6 Å². The van der Waals surface area contributed by atoms with E-state index in [0.29, 0.717) is 0 Å². The van der Waals surface area contributed by atoms with Crippen molar-refractivity contribution in [2.24, 2.45) is 5.92 Å². The molecule has 6 nitrogen and oxygen atoms in total. The number of hydrazine groups is 1. The SMILES string of the molecule is CC(C)[C@H](NC(=O)OCc1ccccc1)C(=O)NN(c1ccccc1)c1ccccc1. The highest BCUT2D eigenvalue weighted by atomic mass is 16.5. The molecule has 3 aromatic carbocycles. The second-order valence-electron chi connectivity index (χ2n) is 7.41. The summed E-state index contributed by atoms with van der Waals surface area (Å²) in [5.41, 5.74) is 5.42. The van der Waals surface area contributed by atoms with Crippen molar-refractivity contribution in [3.8, 4) is 0 Å². The van der Waals surface area contributed by atoms with E-state index in [1.807, 2.05) is 105 Å². The van der Waals surface area contributed by atoms with E-state index in [0.717, 1.165) is 16.9 Å². The van der Waals surface area contributed by atoms with Crippen LogP contribution in [0.5, 0.6) is 0 Å². The molecule has 0 saturated carbocycles. The number of benzene rings is 3. The highest BCUT2D eigenvalue weighted by molar-refractivity contribution is 5.88. The van der Waals surface area contributed by atoms with E-state index in [9.17, 15) is 9.59 Å². The normalized spacial score (nSPS) is 11.5. The predicted octanol–water partition coefficient (Wildman–Crippen LogP) is 4.81. The average molecular weight is 418 g/mol. The first-order valence-corrected chi connectivity index (χ1v) is 10.2. The molecular formula is C25H27N3O3. The third kappa shape index (κ3) is 6.34. The third-order valence-electron chi connectivity index (χ3n) is 4.69. The van der Waals surface area contributed by atoms with Gasteiger partial charge >= 0.3 is 6.09 Å². The number of amides is 2. The zero-order valence-electron chi connectivity index (χ0n) is 17.7. The number of hydrogen-bond donors (Lipinski definition) is 2. The Kier molecular flexibility index (Phi) is 7.65. The maximum Gasteiger partial charge on any atom is 0.408 e. The molecule has 0 aromatic heterocycles. The summed E-state index contributed by atoms with van der Waals surface area (Å²) in [6, 6.07) is 27.7. The van der Waals surface area contributed by atoms with E-state index in [2.05, 4.69) is 10.7 Å². The number of anilines is 2. The van der Waals surface area contributed by atoms with Gasteiger partial charge in [-0.15, -0.1) is 0 Å². The molecule has 31 heavy (non-hydrogen) atoms. The third-order valence-corrected chi connectivity index (χ3v) is 4.69. The lowest BCUT2D eigenvalue weighted by molar-refractivity contribution is -0.124. The van der Waals surface area contributed by atoms with Gasteiger partial charge in [0.25, 0.3) is 5.91 Å². The lowest BCUT2D eigenvalue weighted by atomic mass is 10.0. The minimum Gasteiger partial charge on any atom is -0.445 e. The summed E-state index contributed by atoms with van der Waals surface area (Å²) in [4.78, 5) is 25.5. The van der Waals surface area contributed by atoms with Crippen molar-refractivity contribution in [2.45, 2.75) is 26.5 Å². The summed E-state index contributed by atoms with van der Waals surface area (Å²) in [5, 5.41) is 4.40. The maximum atomic E-state index is 13.1. The summed E-state index contributed by atoms with van der Waals surface area (Å²) in [6.07, 6.45) is -0.635. The quantitative estimate of drug-likeness (QED) is 0.516. The molecule has 3 rings (SSSR count). The van der Waals surface area contributed by atoms with Gasteiger partial charge in [0, 0.05) is 0 Å². The number of rotatable bonds is 8. The molecule has 160 valence electrons. The first-order valence-electron chi connectivity index (χ1n) is 10.2. The van der Waals surface area contributed by atoms with E-state index in [4.69, 9.17) is 4.74 Å². The minimum absolute atomic E-state index is 0.138. The molecule has 3 aromatic rings. The Morgan fingerprint density at radius 3 is 1.77 bits per heavy atom. The molecule has 2 N–H and O–H groups in total. The van der Waals surface area contributed by atoms with Gasteiger partial charge in [-0.2, -0.15) is 0 Å². The molecule has 6 heteroatoms. The summed E-state index contributed by atoms with van der Waals surface area (Å²) < 4.78 is 5.29. The molecule has 0 heterocycles. The Bertz CT molecular complexity index is 924. The van der Waals surface area contributed by atoms with Gasteiger partial charge in [0.15, 0.2) is 0 Å². The smallest absolute Gasteiger partial charge is 0.408 e. The average Bonchev–Trinajstić information content (AvgIpc) is 2.81. The molecule has 0 saturated heterocycles. The fraction of sp³-hybridized carbons (Fsp3) is 0.200. The van der Waals surface area contributed by atoms with Crippen LogP contribution in [0.3, 0.4) is 0 Å². The van der Waals surface area contributed by atoms with Crippen molar-refractivity contribution in [3.63, 3.8) is 0 Å². The molecular weight excluding hydrogens is 390 g/mol. The zero-order valence-corrected chi connectivity index (χ0v) is 17.7. The van der Waals surface area contributed by atoms with E-state index in [1.165, 1.54) is 0 Å². The van der Waals surface area contributed by atoms with Crippen LogP contribution >= 0.6 is 0 Å². The fourth-order valence-electron chi connectivity index (χ4n) is 3.04. The summed E-state index contributed by atoms with van der Waals surface area (Å²) >= 11 is 0. The van der Waals surface area contributed by atoms with E-state index in [-0.39, 0.29) is 18.4 Å². The fourth-order valence-corrected chi connectivity index (χ4v) is 3.04. The van der Waals surface area contributed by atoms with Crippen LogP contribution in [0.1, 0.15) is 19.4 Å². The van der Waals surface area contributed by atoms with Crippen LogP contribution in [0.4, 0.5) is 16.2 Å². The number of ether oxygens (including phenoxy) is 1. The molecule has 0 fully saturated rings. The Morgan fingerprint density at radius 2 is 1.29 bits per heavy atom. The summed E-state index contributed by atoms with van der Waals surface area (Å²) in [7, 11) is 0. The van der Waals surface area contributed by atoms with Crippen LogP contribution in [-0.4, -0.2) is 18.0 Å². The number of carbonyl (C=O) groups excluding carboxylic acids is 2.